The molecule has 8 heteroatoms. The predicted molar refractivity (Wildman–Crippen MR) is 73.5 cm³/mol. The first kappa shape index (κ1) is 14.3. The lowest BCUT2D eigenvalue weighted by Crippen LogP contribution is -2.15. The number of para-hydroxylation sites is 1. The van der Waals surface area contributed by atoms with E-state index >= 15 is 0 Å². The summed E-state index contributed by atoms with van der Waals surface area (Å²) in [6.07, 6.45) is 0. The van der Waals surface area contributed by atoms with Crippen molar-refractivity contribution >= 4 is 23.0 Å². The lowest BCUT2D eigenvalue weighted by Gasteiger charge is -2.09. The molecule has 0 aromatic heterocycles. The summed E-state index contributed by atoms with van der Waals surface area (Å²) < 4.78 is 12.9. The fourth-order valence-corrected chi connectivity index (χ4v) is 1.73. The number of hydrogen-bond acceptors (Lipinski definition) is 5. The number of nitro groups is 1. The Balaban J connectivity index is 2.38. The number of benzene rings is 2. The van der Waals surface area contributed by atoms with Crippen LogP contribution in [0.1, 0.15) is 10.4 Å². The van der Waals surface area contributed by atoms with E-state index in [1.54, 1.807) is 0 Å². The molecule has 2 rings (SSSR count). The Kier molecular flexibility index (Phi) is 3.70. The molecule has 0 heterocycles. The number of nitrogen functional groups attached to an aromatic ring is 1. The summed E-state index contributed by atoms with van der Waals surface area (Å²) in [5.41, 5.74) is 4.51. The Morgan fingerprint density at radius 2 is 2.05 bits per heavy atom. The maximum Gasteiger partial charge on any atom is 0.296 e. The molecule has 0 fully saturated rings. The van der Waals surface area contributed by atoms with Crippen LogP contribution in [-0.2, 0) is 0 Å². The van der Waals surface area contributed by atoms with E-state index in [9.17, 15) is 24.4 Å². The number of halogens is 1. The molecule has 1 amide bonds. The van der Waals surface area contributed by atoms with Crippen molar-refractivity contribution in [1.29, 1.82) is 0 Å². The molecule has 2 aromatic rings. The van der Waals surface area contributed by atoms with Crippen LogP contribution in [0.2, 0.25) is 0 Å². The standard InChI is InChI=1S/C13H10FN3O4/c14-7-4-5-8(9(15)6-7)13(19)16-12-10(17(20)21)2-1-3-11(12)18/h1-6,18H,15H2,(H,16,19). The van der Waals surface area contributed by atoms with E-state index in [0.29, 0.717) is 0 Å². The number of rotatable bonds is 3. The second-order valence-electron chi connectivity index (χ2n) is 4.11. The molecule has 0 atom stereocenters. The third-order valence-corrected chi connectivity index (χ3v) is 2.71. The van der Waals surface area contributed by atoms with Crippen LogP contribution in [0.25, 0.3) is 0 Å². The Morgan fingerprint density at radius 1 is 1.33 bits per heavy atom. The Morgan fingerprint density at radius 3 is 2.67 bits per heavy atom. The van der Waals surface area contributed by atoms with Gasteiger partial charge in [0.1, 0.15) is 11.6 Å². The Hall–Kier alpha value is -3.16. The monoisotopic (exact) mass is 291 g/mol. The third-order valence-electron chi connectivity index (χ3n) is 2.71. The van der Waals surface area contributed by atoms with Crippen molar-refractivity contribution in [2.24, 2.45) is 0 Å². The maximum absolute atomic E-state index is 12.9. The molecule has 0 radical (unpaired) electrons. The lowest BCUT2D eigenvalue weighted by atomic mass is 10.1. The summed E-state index contributed by atoms with van der Waals surface area (Å²) in [5, 5.41) is 22.7. The molecule has 0 aliphatic carbocycles. The maximum atomic E-state index is 12.9. The van der Waals surface area contributed by atoms with Gasteiger partial charge >= 0.3 is 0 Å². The normalized spacial score (nSPS) is 10.1. The van der Waals surface area contributed by atoms with Gasteiger partial charge in [-0.25, -0.2) is 4.39 Å². The summed E-state index contributed by atoms with van der Waals surface area (Å²) in [6, 6.07) is 6.72. The SMILES string of the molecule is Nc1cc(F)ccc1C(=O)Nc1c(O)cccc1[N+](=O)[O-]. The topological polar surface area (TPSA) is 118 Å². The molecule has 0 aliphatic heterocycles. The molecule has 21 heavy (non-hydrogen) atoms. The molecule has 0 aliphatic rings. The van der Waals surface area contributed by atoms with Crippen LogP contribution in [-0.4, -0.2) is 15.9 Å². The van der Waals surface area contributed by atoms with Gasteiger partial charge in [0.05, 0.1) is 10.5 Å². The van der Waals surface area contributed by atoms with Gasteiger partial charge in [0.25, 0.3) is 11.6 Å². The molecule has 0 unspecified atom stereocenters. The van der Waals surface area contributed by atoms with E-state index in [4.69, 9.17) is 5.73 Å². The van der Waals surface area contributed by atoms with Gasteiger partial charge in [0.15, 0.2) is 5.69 Å². The molecular formula is C13H10FN3O4. The van der Waals surface area contributed by atoms with Crippen LogP contribution >= 0.6 is 0 Å². The number of carbonyl (C=O) groups is 1. The zero-order chi connectivity index (χ0) is 15.6. The molecule has 4 N–H and O–H groups in total. The summed E-state index contributed by atoms with van der Waals surface area (Å²) in [5.74, 6) is -1.87. The van der Waals surface area contributed by atoms with Crippen LogP contribution < -0.4 is 11.1 Å². The number of nitrogens with zero attached hydrogens (tertiary/aromatic N) is 1. The molecule has 108 valence electrons. The van der Waals surface area contributed by atoms with Gasteiger partial charge in [-0.2, -0.15) is 0 Å². The number of carbonyl (C=O) groups excluding carboxylic acids is 1. The predicted octanol–water partition coefficient (Wildman–Crippen LogP) is 2.27. The lowest BCUT2D eigenvalue weighted by molar-refractivity contribution is -0.384. The molecule has 2 aromatic carbocycles. The van der Waals surface area contributed by atoms with E-state index in [0.717, 1.165) is 24.3 Å². The van der Waals surface area contributed by atoms with Gasteiger partial charge in [0.2, 0.25) is 0 Å². The van der Waals surface area contributed by atoms with E-state index in [1.807, 2.05) is 0 Å². The molecule has 0 saturated heterocycles. The van der Waals surface area contributed by atoms with Crippen LogP contribution in [0.5, 0.6) is 5.75 Å². The Labute approximate surface area is 118 Å². The summed E-state index contributed by atoms with van der Waals surface area (Å²) >= 11 is 0. The van der Waals surface area contributed by atoms with Crippen LogP contribution in [0.4, 0.5) is 21.5 Å². The number of phenolic OH excluding ortho intramolecular Hbond substituents is 1. The minimum Gasteiger partial charge on any atom is -0.505 e. The zero-order valence-corrected chi connectivity index (χ0v) is 10.5. The van der Waals surface area contributed by atoms with E-state index < -0.39 is 28.1 Å². The smallest absolute Gasteiger partial charge is 0.296 e. The van der Waals surface area contributed by atoms with Gasteiger partial charge < -0.3 is 16.2 Å². The largest absolute Gasteiger partial charge is 0.505 e. The van der Waals surface area contributed by atoms with Crippen LogP contribution in [0.3, 0.4) is 0 Å². The number of nitro benzene ring substituents is 1. The minimum atomic E-state index is -0.794. The second kappa shape index (κ2) is 5.45. The zero-order valence-electron chi connectivity index (χ0n) is 10.5. The molecule has 0 spiro atoms. The molecular weight excluding hydrogens is 281 g/mol. The van der Waals surface area contributed by atoms with Gasteiger partial charge in [-0.1, -0.05) is 6.07 Å². The molecule has 0 saturated carbocycles. The highest BCUT2D eigenvalue weighted by molar-refractivity contribution is 6.09. The molecule has 7 nitrogen and oxygen atoms in total. The fourth-order valence-electron chi connectivity index (χ4n) is 1.73. The van der Waals surface area contributed by atoms with Gasteiger partial charge in [-0.15, -0.1) is 0 Å². The van der Waals surface area contributed by atoms with Crippen molar-refractivity contribution in [2.45, 2.75) is 0 Å². The van der Waals surface area contributed by atoms with Crippen molar-refractivity contribution in [3.63, 3.8) is 0 Å². The number of phenols is 1. The number of amides is 1. The van der Waals surface area contributed by atoms with Crippen molar-refractivity contribution in [3.8, 4) is 5.75 Å². The second-order valence-corrected chi connectivity index (χ2v) is 4.11. The van der Waals surface area contributed by atoms with Crippen molar-refractivity contribution in [1.82, 2.24) is 0 Å². The van der Waals surface area contributed by atoms with Crippen molar-refractivity contribution in [2.75, 3.05) is 11.1 Å². The summed E-state index contributed by atoms with van der Waals surface area (Å²) in [7, 11) is 0. The number of aromatic hydroxyl groups is 1. The van der Waals surface area contributed by atoms with E-state index in [2.05, 4.69) is 5.32 Å². The summed E-state index contributed by atoms with van der Waals surface area (Å²) in [4.78, 5) is 22.2. The van der Waals surface area contributed by atoms with Crippen LogP contribution in [0.15, 0.2) is 36.4 Å². The van der Waals surface area contributed by atoms with Crippen molar-refractivity contribution in [3.05, 3.63) is 57.9 Å². The highest BCUT2D eigenvalue weighted by atomic mass is 19.1. The van der Waals surface area contributed by atoms with Gasteiger partial charge in [0, 0.05) is 11.8 Å². The van der Waals surface area contributed by atoms with E-state index in [1.165, 1.54) is 12.1 Å². The van der Waals surface area contributed by atoms with Crippen LogP contribution in [0, 0.1) is 15.9 Å². The summed E-state index contributed by atoms with van der Waals surface area (Å²) in [6.45, 7) is 0. The first-order valence-electron chi connectivity index (χ1n) is 5.73. The van der Waals surface area contributed by atoms with Gasteiger partial charge in [-0.3, -0.25) is 14.9 Å². The number of nitrogens with one attached hydrogen (secondary N) is 1. The number of anilines is 2. The van der Waals surface area contributed by atoms with E-state index in [-0.39, 0.29) is 16.9 Å². The number of hydrogen-bond donors (Lipinski definition) is 3. The van der Waals surface area contributed by atoms with Crippen molar-refractivity contribution < 1.29 is 19.2 Å². The quantitative estimate of drug-likeness (QED) is 0.347. The fraction of sp³-hybridized carbons (Fsp3) is 0. The molecule has 0 bridgehead atoms. The average Bonchev–Trinajstić information content (AvgIpc) is 2.40. The third kappa shape index (κ3) is 2.89. The first-order valence-corrected chi connectivity index (χ1v) is 5.73. The Bertz CT molecular complexity index is 733. The number of nitrogens with two attached hydrogens (primary N) is 1. The highest BCUT2D eigenvalue weighted by Crippen LogP contribution is 2.33. The average molecular weight is 291 g/mol. The highest BCUT2D eigenvalue weighted by Gasteiger charge is 2.21. The van der Waals surface area contributed by atoms with Gasteiger partial charge in [-0.05, 0) is 24.3 Å². The first-order chi connectivity index (χ1) is 9.90. The minimum absolute atomic E-state index is 0.0612.